The largest absolute Gasteiger partial charge is 0.356 e. The highest BCUT2D eigenvalue weighted by Gasteiger charge is 2.16. The fraction of sp³-hybridized carbons (Fsp3) is 0.143. The summed E-state index contributed by atoms with van der Waals surface area (Å²) in [5.74, 6) is 0. The minimum Gasteiger partial charge on any atom is -0.321 e. The fourth-order valence-corrected chi connectivity index (χ4v) is 1.48. The maximum atomic E-state index is 10.7. The average molecular weight is 217 g/mol. The Kier molecular flexibility index (Phi) is 3.00. The molecule has 0 saturated carbocycles. The molecule has 2 N–H and O–H groups in total. The van der Waals surface area contributed by atoms with Crippen molar-refractivity contribution in [3.8, 4) is 0 Å². The van der Waals surface area contributed by atoms with Crippen LogP contribution in [0.25, 0.3) is 0 Å². The molecule has 1 rings (SSSR count). The molecule has 1 aromatic carbocycles. The van der Waals surface area contributed by atoms with Crippen molar-refractivity contribution < 1.29 is 19.3 Å². The lowest BCUT2D eigenvalue weighted by atomic mass is 10.2. The Labute approximate surface area is 79.5 Å². The lowest BCUT2D eigenvalue weighted by molar-refractivity contribution is -0.496. The predicted octanol–water partition coefficient (Wildman–Crippen LogP) is 0.266. The van der Waals surface area contributed by atoms with Crippen LogP contribution in [0.5, 0.6) is 0 Å². The van der Waals surface area contributed by atoms with Crippen molar-refractivity contribution in [1.82, 2.24) is 0 Å². The van der Waals surface area contributed by atoms with Gasteiger partial charge in [0.25, 0.3) is 0 Å². The SMILES string of the molecule is O=[N+]([O-])Cc1ccc(P(=O)(O)O)cc1. The standard InChI is InChI=1S/C7H8NO5P/c9-8(10)5-6-1-3-7(4-2-6)14(11,12)13/h1-4H,5H2,(H2,11,12,13). The van der Waals surface area contributed by atoms with Crippen LogP contribution in [-0.4, -0.2) is 14.7 Å². The smallest absolute Gasteiger partial charge is 0.321 e. The van der Waals surface area contributed by atoms with Crippen molar-refractivity contribution in [2.24, 2.45) is 0 Å². The van der Waals surface area contributed by atoms with Gasteiger partial charge in [0, 0.05) is 10.5 Å². The molecule has 0 bridgehead atoms. The summed E-state index contributed by atoms with van der Waals surface area (Å²) in [5.41, 5.74) is 0.409. The van der Waals surface area contributed by atoms with E-state index in [1.165, 1.54) is 24.3 Å². The fourth-order valence-electron chi connectivity index (χ4n) is 0.945. The first-order valence-corrected chi connectivity index (χ1v) is 5.27. The molecule has 0 aliphatic rings. The summed E-state index contributed by atoms with van der Waals surface area (Å²) in [4.78, 5) is 27.1. The third kappa shape index (κ3) is 2.92. The number of nitro groups is 1. The molecule has 7 heteroatoms. The number of rotatable bonds is 3. The van der Waals surface area contributed by atoms with Crippen LogP contribution in [0.2, 0.25) is 0 Å². The van der Waals surface area contributed by atoms with E-state index in [-0.39, 0.29) is 11.8 Å². The minimum atomic E-state index is -4.24. The van der Waals surface area contributed by atoms with E-state index in [4.69, 9.17) is 9.79 Å². The highest BCUT2D eigenvalue weighted by molar-refractivity contribution is 7.60. The molecule has 0 atom stereocenters. The normalized spacial score (nSPS) is 11.3. The van der Waals surface area contributed by atoms with Gasteiger partial charge in [0.05, 0.1) is 5.30 Å². The second kappa shape index (κ2) is 3.88. The zero-order valence-electron chi connectivity index (χ0n) is 7.03. The van der Waals surface area contributed by atoms with Gasteiger partial charge in [0.1, 0.15) is 0 Å². The summed E-state index contributed by atoms with van der Waals surface area (Å²) in [6.45, 7) is -0.346. The van der Waals surface area contributed by atoms with E-state index in [1.807, 2.05) is 0 Å². The Balaban J connectivity index is 2.89. The zero-order chi connectivity index (χ0) is 10.8. The molecule has 0 saturated heterocycles. The van der Waals surface area contributed by atoms with Crippen molar-refractivity contribution in [3.05, 3.63) is 39.9 Å². The number of benzene rings is 1. The molecule has 0 radical (unpaired) electrons. The molecule has 1 aromatic rings. The Morgan fingerprint density at radius 1 is 1.29 bits per heavy atom. The van der Waals surface area contributed by atoms with Crippen LogP contribution in [0.4, 0.5) is 0 Å². The Morgan fingerprint density at radius 3 is 2.14 bits per heavy atom. The third-order valence-corrected chi connectivity index (χ3v) is 2.56. The quantitative estimate of drug-likeness (QED) is 0.429. The van der Waals surface area contributed by atoms with Gasteiger partial charge >= 0.3 is 7.60 Å². The number of hydrogen-bond donors (Lipinski definition) is 2. The highest BCUT2D eigenvalue weighted by Crippen LogP contribution is 2.32. The van der Waals surface area contributed by atoms with E-state index in [2.05, 4.69) is 0 Å². The molecular weight excluding hydrogens is 209 g/mol. The monoisotopic (exact) mass is 217 g/mol. The first-order valence-electron chi connectivity index (χ1n) is 3.66. The van der Waals surface area contributed by atoms with E-state index < -0.39 is 12.5 Å². The minimum absolute atomic E-state index is 0.135. The molecule has 0 aliphatic carbocycles. The summed E-state index contributed by atoms with van der Waals surface area (Å²) in [6, 6.07) is 5.05. The molecule has 0 aromatic heterocycles. The van der Waals surface area contributed by atoms with E-state index in [9.17, 15) is 14.7 Å². The van der Waals surface area contributed by atoms with Crippen molar-refractivity contribution in [3.63, 3.8) is 0 Å². The first-order chi connectivity index (χ1) is 6.39. The molecule has 14 heavy (non-hydrogen) atoms. The van der Waals surface area contributed by atoms with Crippen molar-refractivity contribution in [2.45, 2.75) is 6.54 Å². The average Bonchev–Trinajstić information content (AvgIpc) is 2.02. The maximum absolute atomic E-state index is 10.7. The zero-order valence-corrected chi connectivity index (χ0v) is 7.92. The van der Waals surface area contributed by atoms with Gasteiger partial charge in [-0.2, -0.15) is 0 Å². The van der Waals surface area contributed by atoms with Crippen molar-refractivity contribution in [1.29, 1.82) is 0 Å². The first kappa shape index (κ1) is 10.8. The van der Waals surface area contributed by atoms with Crippen LogP contribution < -0.4 is 5.30 Å². The summed E-state index contributed by atoms with van der Waals surface area (Å²) in [6.07, 6.45) is 0. The molecule has 0 spiro atoms. The van der Waals surface area contributed by atoms with E-state index in [1.54, 1.807) is 0 Å². The molecule has 76 valence electrons. The van der Waals surface area contributed by atoms with Gasteiger partial charge in [-0.3, -0.25) is 14.7 Å². The predicted molar refractivity (Wildman–Crippen MR) is 48.8 cm³/mol. The lowest BCUT2D eigenvalue weighted by Crippen LogP contribution is -2.05. The van der Waals surface area contributed by atoms with Gasteiger partial charge in [-0.25, -0.2) is 0 Å². The molecule has 6 nitrogen and oxygen atoms in total. The van der Waals surface area contributed by atoms with Crippen molar-refractivity contribution >= 4 is 12.9 Å². The summed E-state index contributed by atoms with van der Waals surface area (Å²) in [7, 11) is -4.24. The van der Waals surface area contributed by atoms with E-state index >= 15 is 0 Å². The van der Waals surface area contributed by atoms with Gasteiger partial charge < -0.3 is 9.79 Å². The van der Waals surface area contributed by atoms with Crippen LogP contribution in [0, 0.1) is 10.1 Å². The summed E-state index contributed by atoms with van der Waals surface area (Å²) in [5, 5.41) is 9.97. The van der Waals surface area contributed by atoms with Crippen molar-refractivity contribution in [2.75, 3.05) is 0 Å². The second-order valence-electron chi connectivity index (χ2n) is 2.70. The van der Waals surface area contributed by atoms with Crippen LogP contribution in [0.3, 0.4) is 0 Å². The Morgan fingerprint density at radius 2 is 1.79 bits per heavy atom. The highest BCUT2D eigenvalue weighted by atomic mass is 31.2. The van der Waals surface area contributed by atoms with E-state index in [0.29, 0.717) is 5.56 Å². The van der Waals surface area contributed by atoms with Crippen LogP contribution in [0.15, 0.2) is 24.3 Å². The van der Waals surface area contributed by atoms with Crippen LogP contribution in [0.1, 0.15) is 5.56 Å². The van der Waals surface area contributed by atoms with Crippen LogP contribution in [-0.2, 0) is 11.1 Å². The topological polar surface area (TPSA) is 101 Å². The Hall–Kier alpha value is -1.23. The van der Waals surface area contributed by atoms with Gasteiger partial charge in [0.15, 0.2) is 0 Å². The van der Waals surface area contributed by atoms with Gasteiger partial charge in [-0.15, -0.1) is 0 Å². The molecule has 0 aliphatic heterocycles. The van der Waals surface area contributed by atoms with Gasteiger partial charge in [-0.1, -0.05) is 12.1 Å². The Bertz CT molecular complexity index is 382. The lowest BCUT2D eigenvalue weighted by Gasteiger charge is -2.03. The molecule has 0 fully saturated rings. The number of hydrogen-bond acceptors (Lipinski definition) is 3. The summed E-state index contributed by atoms with van der Waals surface area (Å²) >= 11 is 0. The molecular formula is C7H8NO5P. The maximum Gasteiger partial charge on any atom is 0.356 e. The molecule has 0 unspecified atom stereocenters. The van der Waals surface area contributed by atoms with Gasteiger partial charge in [-0.05, 0) is 12.1 Å². The van der Waals surface area contributed by atoms with Crippen LogP contribution >= 0.6 is 7.60 Å². The third-order valence-electron chi connectivity index (χ3n) is 1.58. The second-order valence-corrected chi connectivity index (χ2v) is 4.31. The van der Waals surface area contributed by atoms with E-state index in [0.717, 1.165) is 0 Å². The summed E-state index contributed by atoms with van der Waals surface area (Å²) < 4.78 is 10.7. The number of nitrogens with zero attached hydrogens (tertiary/aromatic N) is 1. The molecule has 0 heterocycles. The molecule has 0 amide bonds. The van der Waals surface area contributed by atoms with Gasteiger partial charge in [0.2, 0.25) is 6.54 Å².